The molecule has 0 aromatic rings. The predicted molar refractivity (Wildman–Crippen MR) is 86.4 cm³/mol. The Bertz CT molecular complexity index is 337. The second-order valence-electron chi connectivity index (χ2n) is 7.50. The molecular weight excluding hydrogens is 266 g/mol. The van der Waals surface area contributed by atoms with Crippen molar-refractivity contribution in [1.82, 2.24) is 15.5 Å². The Labute approximate surface area is 129 Å². The summed E-state index contributed by atoms with van der Waals surface area (Å²) in [5.41, 5.74) is -0.265. The van der Waals surface area contributed by atoms with Gasteiger partial charge in [0.25, 0.3) is 0 Å². The van der Waals surface area contributed by atoms with Gasteiger partial charge >= 0.3 is 5.97 Å². The van der Waals surface area contributed by atoms with Crippen LogP contribution in [0.2, 0.25) is 0 Å². The largest absolute Gasteiger partial charge is 0.466 e. The van der Waals surface area contributed by atoms with E-state index in [9.17, 15) is 4.79 Å². The zero-order valence-corrected chi connectivity index (χ0v) is 14.6. The lowest BCUT2D eigenvalue weighted by molar-refractivity contribution is -0.153. The fraction of sp³-hybridized carbons (Fsp3) is 0.938. The molecule has 2 N–H and O–H groups in total. The molecule has 1 aliphatic rings. The Balaban J connectivity index is 2.37. The van der Waals surface area contributed by atoms with Crippen molar-refractivity contribution in [2.24, 2.45) is 5.41 Å². The molecule has 124 valence electrons. The fourth-order valence-electron chi connectivity index (χ4n) is 2.53. The van der Waals surface area contributed by atoms with Crippen LogP contribution in [-0.4, -0.2) is 61.8 Å². The first-order valence-electron chi connectivity index (χ1n) is 8.03. The SMILES string of the molecule is CCOC(=O)C(C)(C)CNC[C@@H]1CN(C(C)(C)C)CCN1. The quantitative estimate of drug-likeness (QED) is 0.723. The van der Waals surface area contributed by atoms with Crippen molar-refractivity contribution in [2.45, 2.75) is 53.1 Å². The zero-order valence-electron chi connectivity index (χ0n) is 14.6. The Morgan fingerprint density at radius 3 is 2.57 bits per heavy atom. The van der Waals surface area contributed by atoms with Gasteiger partial charge in [-0.1, -0.05) is 0 Å². The molecule has 0 aliphatic carbocycles. The molecule has 0 spiro atoms. The summed E-state index contributed by atoms with van der Waals surface area (Å²) in [5.74, 6) is -0.134. The van der Waals surface area contributed by atoms with E-state index in [0.29, 0.717) is 19.2 Å². The highest BCUT2D eigenvalue weighted by atomic mass is 16.5. The number of nitrogens with one attached hydrogen (secondary N) is 2. The summed E-state index contributed by atoms with van der Waals surface area (Å²) >= 11 is 0. The van der Waals surface area contributed by atoms with Crippen LogP contribution in [0.4, 0.5) is 0 Å². The van der Waals surface area contributed by atoms with Gasteiger partial charge in [0.1, 0.15) is 0 Å². The van der Waals surface area contributed by atoms with Gasteiger partial charge in [-0.05, 0) is 41.5 Å². The van der Waals surface area contributed by atoms with Crippen molar-refractivity contribution in [3.8, 4) is 0 Å². The van der Waals surface area contributed by atoms with Crippen LogP contribution in [0.3, 0.4) is 0 Å². The molecule has 0 unspecified atom stereocenters. The van der Waals surface area contributed by atoms with Crippen molar-refractivity contribution in [3.63, 3.8) is 0 Å². The standard InChI is InChI=1S/C16H33N3O2/c1-7-21-14(20)16(5,6)12-17-10-13-11-19(9-8-18-13)15(2,3)4/h13,17-18H,7-12H2,1-6H3/t13-/m1/s1. The van der Waals surface area contributed by atoms with Gasteiger partial charge in [0.15, 0.2) is 0 Å². The second kappa shape index (κ2) is 7.56. The van der Waals surface area contributed by atoms with Crippen LogP contribution in [-0.2, 0) is 9.53 Å². The first-order valence-corrected chi connectivity index (χ1v) is 8.03. The van der Waals surface area contributed by atoms with Gasteiger partial charge in [-0.15, -0.1) is 0 Å². The monoisotopic (exact) mass is 299 g/mol. The first kappa shape index (κ1) is 18.4. The molecule has 1 aliphatic heterocycles. The van der Waals surface area contributed by atoms with Gasteiger partial charge in [-0.25, -0.2) is 0 Å². The van der Waals surface area contributed by atoms with Crippen LogP contribution >= 0.6 is 0 Å². The van der Waals surface area contributed by atoms with Crippen molar-refractivity contribution in [2.75, 3.05) is 39.3 Å². The molecule has 5 heteroatoms. The van der Waals surface area contributed by atoms with E-state index in [-0.39, 0.29) is 11.5 Å². The highest BCUT2D eigenvalue weighted by Gasteiger charge is 2.30. The fourth-order valence-corrected chi connectivity index (χ4v) is 2.53. The predicted octanol–water partition coefficient (Wildman–Crippen LogP) is 1.24. The Morgan fingerprint density at radius 1 is 1.33 bits per heavy atom. The minimum Gasteiger partial charge on any atom is -0.466 e. The average molecular weight is 299 g/mol. The third-order valence-corrected chi connectivity index (χ3v) is 3.99. The number of carbonyl (C=O) groups excluding carboxylic acids is 1. The van der Waals surface area contributed by atoms with Crippen LogP contribution in [0.25, 0.3) is 0 Å². The molecule has 0 aromatic heterocycles. The summed E-state index contributed by atoms with van der Waals surface area (Å²) < 4.78 is 5.11. The zero-order chi connectivity index (χ0) is 16.1. The number of carbonyl (C=O) groups is 1. The summed E-state index contributed by atoms with van der Waals surface area (Å²) in [6.07, 6.45) is 0. The third kappa shape index (κ3) is 5.93. The van der Waals surface area contributed by atoms with Crippen LogP contribution in [0.5, 0.6) is 0 Å². The number of hydrogen-bond donors (Lipinski definition) is 2. The van der Waals surface area contributed by atoms with E-state index in [1.807, 2.05) is 20.8 Å². The van der Waals surface area contributed by atoms with Gasteiger partial charge in [-0.2, -0.15) is 0 Å². The minimum absolute atomic E-state index is 0.134. The Morgan fingerprint density at radius 2 is 2.00 bits per heavy atom. The van der Waals surface area contributed by atoms with Gasteiger partial charge < -0.3 is 15.4 Å². The topological polar surface area (TPSA) is 53.6 Å². The Kier molecular flexibility index (Phi) is 6.63. The van der Waals surface area contributed by atoms with Gasteiger partial charge in [-0.3, -0.25) is 9.69 Å². The van der Waals surface area contributed by atoms with Crippen molar-refractivity contribution in [1.29, 1.82) is 0 Å². The number of rotatable bonds is 6. The summed E-state index contributed by atoms with van der Waals surface area (Å²) in [7, 11) is 0. The van der Waals surface area contributed by atoms with E-state index in [4.69, 9.17) is 4.74 Å². The summed E-state index contributed by atoms with van der Waals surface area (Å²) in [6.45, 7) is 17.6. The molecule has 0 bridgehead atoms. The lowest BCUT2D eigenvalue weighted by Crippen LogP contribution is -2.59. The Hall–Kier alpha value is -0.650. The molecule has 1 fully saturated rings. The normalized spacial score (nSPS) is 21.3. The lowest BCUT2D eigenvalue weighted by Gasteiger charge is -2.42. The minimum atomic E-state index is -0.478. The van der Waals surface area contributed by atoms with Gasteiger partial charge in [0.05, 0.1) is 12.0 Å². The van der Waals surface area contributed by atoms with Crippen LogP contribution < -0.4 is 10.6 Å². The van der Waals surface area contributed by atoms with Crippen molar-refractivity contribution >= 4 is 5.97 Å². The van der Waals surface area contributed by atoms with E-state index in [1.165, 1.54) is 0 Å². The maximum atomic E-state index is 11.8. The number of nitrogens with zero attached hydrogens (tertiary/aromatic N) is 1. The van der Waals surface area contributed by atoms with E-state index < -0.39 is 5.41 Å². The average Bonchev–Trinajstić information content (AvgIpc) is 2.38. The molecule has 1 rings (SSSR count). The van der Waals surface area contributed by atoms with E-state index >= 15 is 0 Å². The molecule has 0 aromatic carbocycles. The molecule has 5 nitrogen and oxygen atoms in total. The summed E-state index contributed by atoms with van der Waals surface area (Å²) in [5, 5.41) is 6.96. The number of esters is 1. The number of piperazine rings is 1. The molecule has 21 heavy (non-hydrogen) atoms. The lowest BCUT2D eigenvalue weighted by atomic mass is 9.93. The van der Waals surface area contributed by atoms with Crippen LogP contribution in [0.15, 0.2) is 0 Å². The summed E-state index contributed by atoms with van der Waals surface area (Å²) in [4.78, 5) is 14.4. The maximum absolute atomic E-state index is 11.8. The number of hydrogen-bond acceptors (Lipinski definition) is 5. The first-order chi connectivity index (χ1) is 9.66. The molecule has 0 amide bonds. The smallest absolute Gasteiger partial charge is 0.312 e. The summed E-state index contributed by atoms with van der Waals surface area (Å²) in [6, 6.07) is 0.427. The molecule has 0 radical (unpaired) electrons. The maximum Gasteiger partial charge on any atom is 0.312 e. The molecule has 1 heterocycles. The second-order valence-corrected chi connectivity index (χ2v) is 7.50. The highest BCUT2D eigenvalue weighted by Crippen LogP contribution is 2.17. The van der Waals surface area contributed by atoms with Gasteiger partial charge in [0, 0.05) is 44.3 Å². The van der Waals surface area contributed by atoms with Crippen LogP contribution in [0, 0.1) is 5.41 Å². The van der Waals surface area contributed by atoms with E-state index in [0.717, 1.165) is 26.2 Å². The molecular formula is C16H33N3O2. The number of ether oxygens (including phenoxy) is 1. The third-order valence-electron chi connectivity index (χ3n) is 3.99. The molecule has 1 saturated heterocycles. The van der Waals surface area contributed by atoms with E-state index in [2.05, 4.69) is 36.3 Å². The molecule has 0 saturated carbocycles. The van der Waals surface area contributed by atoms with Gasteiger partial charge in [0.2, 0.25) is 0 Å². The van der Waals surface area contributed by atoms with Crippen molar-refractivity contribution < 1.29 is 9.53 Å². The van der Waals surface area contributed by atoms with Crippen LogP contribution in [0.1, 0.15) is 41.5 Å². The van der Waals surface area contributed by atoms with Crippen molar-refractivity contribution in [3.05, 3.63) is 0 Å². The highest BCUT2D eigenvalue weighted by molar-refractivity contribution is 5.76. The molecule has 1 atom stereocenters. The van der Waals surface area contributed by atoms with E-state index in [1.54, 1.807) is 0 Å².